The van der Waals surface area contributed by atoms with Gasteiger partial charge in [0.15, 0.2) is 26.5 Å². The van der Waals surface area contributed by atoms with E-state index in [4.69, 9.17) is 9.47 Å². The second-order valence-corrected chi connectivity index (χ2v) is 11.3. The summed E-state index contributed by atoms with van der Waals surface area (Å²) in [5.41, 5.74) is 1.85. The summed E-state index contributed by atoms with van der Waals surface area (Å²) in [6.07, 6.45) is 1.17. The Labute approximate surface area is 195 Å². The van der Waals surface area contributed by atoms with Gasteiger partial charge in [-0.2, -0.15) is 0 Å². The number of hydrogen-bond donors (Lipinski definition) is 1. The van der Waals surface area contributed by atoms with Gasteiger partial charge < -0.3 is 14.8 Å². The molecule has 1 fully saturated rings. The SMILES string of the molecule is CS(=O)(=O)c1ccc2nc(NC(=O)CN3CCN(Cc4ccc5c(c4)OCO5)CC3)sc2c1. The largest absolute Gasteiger partial charge is 0.454 e. The van der Waals surface area contributed by atoms with Crippen molar-refractivity contribution < 1.29 is 22.7 Å². The van der Waals surface area contributed by atoms with Gasteiger partial charge in [0.05, 0.1) is 21.7 Å². The third-order valence-corrected chi connectivity index (χ3v) is 7.75. The fraction of sp³-hybridized carbons (Fsp3) is 0.364. The van der Waals surface area contributed by atoms with E-state index in [1.54, 1.807) is 12.1 Å². The van der Waals surface area contributed by atoms with E-state index in [2.05, 4.69) is 26.2 Å². The molecule has 0 saturated carbocycles. The topological polar surface area (TPSA) is 101 Å². The molecule has 33 heavy (non-hydrogen) atoms. The Bertz CT molecular complexity index is 1300. The van der Waals surface area contributed by atoms with Crippen molar-refractivity contribution in [1.82, 2.24) is 14.8 Å². The molecule has 2 aromatic carbocycles. The number of carbonyl (C=O) groups excluding carboxylic acids is 1. The fourth-order valence-electron chi connectivity index (χ4n) is 3.95. The lowest BCUT2D eigenvalue weighted by Gasteiger charge is -2.34. The number of nitrogens with one attached hydrogen (secondary N) is 1. The van der Waals surface area contributed by atoms with Crippen molar-refractivity contribution in [2.24, 2.45) is 0 Å². The highest BCUT2D eigenvalue weighted by Crippen LogP contribution is 2.33. The lowest BCUT2D eigenvalue weighted by molar-refractivity contribution is -0.117. The molecule has 1 N–H and O–H groups in total. The van der Waals surface area contributed by atoms with Crippen LogP contribution >= 0.6 is 11.3 Å². The zero-order valence-corrected chi connectivity index (χ0v) is 19.7. The van der Waals surface area contributed by atoms with Crippen LogP contribution in [0.25, 0.3) is 10.2 Å². The maximum Gasteiger partial charge on any atom is 0.240 e. The Balaban J connectivity index is 1.12. The molecule has 2 aliphatic rings. The van der Waals surface area contributed by atoms with Gasteiger partial charge in [0.25, 0.3) is 0 Å². The summed E-state index contributed by atoms with van der Waals surface area (Å²) in [5.74, 6) is 1.46. The third kappa shape index (κ3) is 5.11. The van der Waals surface area contributed by atoms with Gasteiger partial charge in [-0.05, 0) is 35.9 Å². The van der Waals surface area contributed by atoms with Gasteiger partial charge in [-0.3, -0.25) is 14.6 Å². The summed E-state index contributed by atoms with van der Waals surface area (Å²) < 4.78 is 35.0. The minimum atomic E-state index is -3.29. The van der Waals surface area contributed by atoms with E-state index in [9.17, 15) is 13.2 Å². The molecule has 0 bridgehead atoms. The first kappa shape index (κ1) is 22.1. The smallest absolute Gasteiger partial charge is 0.240 e. The van der Waals surface area contributed by atoms with Crippen LogP contribution in [0.1, 0.15) is 5.56 Å². The van der Waals surface area contributed by atoms with E-state index in [0.29, 0.717) is 17.2 Å². The van der Waals surface area contributed by atoms with Crippen molar-refractivity contribution in [3.63, 3.8) is 0 Å². The van der Waals surface area contributed by atoms with E-state index >= 15 is 0 Å². The highest BCUT2D eigenvalue weighted by Gasteiger charge is 2.21. The second kappa shape index (κ2) is 8.90. The molecule has 0 aliphatic carbocycles. The van der Waals surface area contributed by atoms with Crippen LogP contribution in [-0.4, -0.2) is 74.9 Å². The molecule has 3 aromatic rings. The normalized spacial score (nSPS) is 16.9. The molecule has 3 heterocycles. The van der Waals surface area contributed by atoms with Crippen LogP contribution in [0.5, 0.6) is 11.5 Å². The van der Waals surface area contributed by atoms with Gasteiger partial charge in [0.1, 0.15) is 0 Å². The number of anilines is 1. The number of fused-ring (bicyclic) bond motifs is 2. The Hall–Kier alpha value is -2.73. The van der Waals surface area contributed by atoms with E-state index in [-0.39, 0.29) is 17.6 Å². The monoisotopic (exact) mass is 488 g/mol. The summed E-state index contributed by atoms with van der Waals surface area (Å²) in [4.78, 5) is 21.7. The van der Waals surface area contributed by atoms with Crippen molar-refractivity contribution in [2.45, 2.75) is 11.4 Å². The van der Waals surface area contributed by atoms with Crippen LogP contribution in [0.15, 0.2) is 41.3 Å². The summed E-state index contributed by atoms with van der Waals surface area (Å²) in [6, 6.07) is 10.8. The zero-order valence-electron chi connectivity index (χ0n) is 18.1. The maximum atomic E-state index is 12.5. The molecule has 1 saturated heterocycles. The first-order valence-electron chi connectivity index (χ1n) is 10.6. The molecule has 5 rings (SSSR count). The number of aromatic nitrogens is 1. The Kier molecular flexibility index (Phi) is 5.95. The van der Waals surface area contributed by atoms with Crippen LogP contribution in [0.3, 0.4) is 0 Å². The summed E-state index contributed by atoms with van der Waals surface area (Å²) in [6.45, 7) is 4.75. The van der Waals surface area contributed by atoms with Gasteiger partial charge >= 0.3 is 0 Å². The molecule has 11 heteroatoms. The van der Waals surface area contributed by atoms with Gasteiger partial charge in [-0.25, -0.2) is 13.4 Å². The van der Waals surface area contributed by atoms with Crippen LogP contribution < -0.4 is 14.8 Å². The second-order valence-electron chi connectivity index (χ2n) is 8.21. The van der Waals surface area contributed by atoms with Crippen molar-refractivity contribution in [2.75, 3.05) is 51.1 Å². The number of benzene rings is 2. The van der Waals surface area contributed by atoms with Crippen molar-refractivity contribution >= 4 is 42.4 Å². The average Bonchev–Trinajstić information content (AvgIpc) is 3.39. The number of hydrogen-bond acceptors (Lipinski definition) is 9. The fourth-order valence-corrected chi connectivity index (χ4v) is 5.60. The predicted octanol–water partition coefficient (Wildman–Crippen LogP) is 2.18. The Morgan fingerprint density at radius 1 is 1.06 bits per heavy atom. The average molecular weight is 489 g/mol. The minimum Gasteiger partial charge on any atom is -0.454 e. The van der Waals surface area contributed by atoms with Gasteiger partial charge in [0, 0.05) is 39.0 Å². The first-order chi connectivity index (χ1) is 15.8. The minimum absolute atomic E-state index is 0.124. The lowest BCUT2D eigenvalue weighted by atomic mass is 10.1. The highest BCUT2D eigenvalue weighted by molar-refractivity contribution is 7.90. The number of piperazine rings is 1. The molecule has 2 aliphatic heterocycles. The highest BCUT2D eigenvalue weighted by atomic mass is 32.2. The molecule has 174 valence electrons. The number of nitrogens with zero attached hydrogens (tertiary/aromatic N) is 3. The van der Waals surface area contributed by atoms with E-state index < -0.39 is 9.84 Å². The van der Waals surface area contributed by atoms with Crippen LogP contribution in [0.2, 0.25) is 0 Å². The molecule has 0 radical (unpaired) electrons. The summed E-state index contributed by atoms with van der Waals surface area (Å²) >= 11 is 1.27. The molecular formula is C22H24N4O5S2. The molecular weight excluding hydrogens is 464 g/mol. The quantitative estimate of drug-likeness (QED) is 0.564. The number of ether oxygens (including phenoxy) is 2. The van der Waals surface area contributed by atoms with Crippen molar-refractivity contribution in [3.8, 4) is 11.5 Å². The molecule has 0 spiro atoms. The zero-order chi connectivity index (χ0) is 23.0. The van der Waals surface area contributed by atoms with Crippen LogP contribution in [0.4, 0.5) is 5.13 Å². The van der Waals surface area contributed by atoms with Gasteiger partial charge in [0.2, 0.25) is 12.7 Å². The number of sulfone groups is 1. The molecule has 1 amide bonds. The number of rotatable bonds is 6. The Morgan fingerprint density at radius 3 is 2.61 bits per heavy atom. The van der Waals surface area contributed by atoms with Crippen molar-refractivity contribution in [3.05, 3.63) is 42.0 Å². The molecule has 1 aromatic heterocycles. The van der Waals surface area contributed by atoms with Crippen LogP contribution in [-0.2, 0) is 21.2 Å². The first-order valence-corrected chi connectivity index (χ1v) is 13.3. The maximum absolute atomic E-state index is 12.5. The third-order valence-electron chi connectivity index (χ3n) is 5.71. The standard InChI is InChI=1S/C22H24N4O5S2/c1-33(28,29)16-3-4-17-20(11-16)32-22(23-17)24-21(27)13-26-8-6-25(7-9-26)12-15-2-5-18-19(10-15)31-14-30-18/h2-5,10-11H,6-9,12-14H2,1H3,(H,23,24,27). The molecule has 0 atom stereocenters. The van der Waals surface area contributed by atoms with E-state index in [0.717, 1.165) is 48.9 Å². The number of thiazole rings is 1. The number of amides is 1. The molecule has 9 nitrogen and oxygen atoms in total. The predicted molar refractivity (Wildman–Crippen MR) is 126 cm³/mol. The lowest BCUT2D eigenvalue weighted by Crippen LogP contribution is -2.48. The van der Waals surface area contributed by atoms with E-state index in [1.807, 2.05) is 12.1 Å². The molecule has 0 unspecified atom stereocenters. The van der Waals surface area contributed by atoms with E-state index in [1.165, 1.54) is 29.2 Å². The van der Waals surface area contributed by atoms with Crippen molar-refractivity contribution in [1.29, 1.82) is 0 Å². The van der Waals surface area contributed by atoms with Gasteiger partial charge in [-0.15, -0.1) is 0 Å². The summed E-state index contributed by atoms with van der Waals surface area (Å²) in [5, 5.41) is 3.32. The van der Waals surface area contributed by atoms with Crippen LogP contribution in [0, 0.1) is 0 Å². The number of carbonyl (C=O) groups is 1. The van der Waals surface area contributed by atoms with Gasteiger partial charge in [-0.1, -0.05) is 17.4 Å². The summed E-state index contributed by atoms with van der Waals surface area (Å²) in [7, 11) is -3.29. The Morgan fingerprint density at radius 2 is 1.82 bits per heavy atom.